The first-order valence-corrected chi connectivity index (χ1v) is 6.49. The quantitative estimate of drug-likeness (QED) is 0.706. The number of aryl methyl sites for hydroxylation is 2. The summed E-state index contributed by atoms with van der Waals surface area (Å²) in [4.78, 5) is 4.08. The maximum atomic E-state index is 13.2. The van der Waals surface area contributed by atoms with Gasteiger partial charge in [0, 0.05) is 18.7 Å². The van der Waals surface area contributed by atoms with Crippen LogP contribution in [-0.4, -0.2) is 9.55 Å². The molecule has 5 heteroatoms. The van der Waals surface area contributed by atoms with Gasteiger partial charge in [-0.25, -0.2) is 13.8 Å². The van der Waals surface area contributed by atoms with Crippen molar-refractivity contribution in [1.29, 1.82) is 0 Å². The van der Waals surface area contributed by atoms with Gasteiger partial charge in [-0.2, -0.15) is 11.3 Å². The van der Waals surface area contributed by atoms with Gasteiger partial charge < -0.3 is 4.57 Å². The molecule has 0 aliphatic rings. The van der Waals surface area contributed by atoms with Crippen LogP contribution in [0.3, 0.4) is 0 Å². The summed E-state index contributed by atoms with van der Waals surface area (Å²) in [5.41, 5.74) is 2.35. The number of thiophene rings is 1. The highest BCUT2D eigenvalue weighted by Crippen LogP contribution is 2.18. The van der Waals surface area contributed by atoms with Gasteiger partial charge in [-0.15, -0.1) is 0 Å². The second kappa shape index (κ2) is 4.49. The lowest BCUT2D eigenvalue weighted by Crippen LogP contribution is -1.99. The van der Waals surface area contributed by atoms with Gasteiger partial charge in [0.1, 0.15) is 0 Å². The van der Waals surface area contributed by atoms with Crippen molar-refractivity contribution in [2.45, 2.75) is 13.0 Å². The Bertz CT molecular complexity index is 674. The summed E-state index contributed by atoms with van der Waals surface area (Å²) in [6.07, 6.45) is 2.48. The van der Waals surface area contributed by atoms with Crippen molar-refractivity contribution in [2.24, 2.45) is 0 Å². The van der Waals surface area contributed by atoms with E-state index >= 15 is 0 Å². The molecule has 2 nitrogen and oxygen atoms in total. The third-order valence-electron chi connectivity index (χ3n) is 2.88. The fourth-order valence-electron chi connectivity index (χ4n) is 1.92. The lowest BCUT2D eigenvalue weighted by atomic mass is 10.2. The van der Waals surface area contributed by atoms with E-state index < -0.39 is 11.6 Å². The lowest BCUT2D eigenvalue weighted by molar-refractivity contribution is 0.510. The van der Waals surface area contributed by atoms with Crippen molar-refractivity contribution >= 4 is 22.4 Å². The minimum atomic E-state index is -0.856. The minimum Gasteiger partial charge on any atom is -0.330 e. The average molecular weight is 264 g/mol. The summed E-state index contributed by atoms with van der Waals surface area (Å²) >= 11 is 1.65. The van der Waals surface area contributed by atoms with Gasteiger partial charge in [0.25, 0.3) is 0 Å². The molecule has 2 heterocycles. The summed E-state index contributed by atoms with van der Waals surface area (Å²) < 4.78 is 28.1. The van der Waals surface area contributed by atoms with Gasteiger partial charge in [-0.3, -0.25) is 0 Å². The maximum Gasteiger partial charge on any atom is 0.161 e. The number of benzene rings is 1. The van der Waals surface area contributed by atoms with Crippen molar-refractivity contribution < 1.29 is 8.78 Å². The van der Waals surface area contributed by atoms with Crippen molar-refractivity contribution in [1.82, 2.24) is 9.55 Å². The zero-order valence-electron chi connectivity index (χ0n) is 9.44. The number of hydrogen-bond acceptors (Lipinski definition) is 2. The number of nitrogens with zero attached hydrogens (tertiary/aromatic N) is 2. The van der Waals surface area contributed by atoms with E-state index in [0.717, 1.165) is 12.5 Å². The van der Waals surface area contributed by atoms with E-state index in [9.17, 15) is 8.78 Å². The van der Waals surface area contributed by atoms with Crippen molar-refractivity contribution in [2.75, 3.05) is 0 Å². The van der Waals surface area contributed by atoms with Crippen LogP contribution in [0.1, 0.15) is 5.56 Å². The summed E-state index contributed by atoms with van der Waals surface area (Å²) in [5, 5.41) is 4.11. The lowest BCUT2D eigenvalue weighted by Gasteiger charge is -2.03. The molecule has 0 bridgehead atoms. The molecule has 0 fully saturated rings. The average Bonchev–Trinajstić information content (AvgIpc) is 2.97. The van der Waals surface area contributed by atoms with Crippen LogP contribution >= 0.6 is 11.3 Å². The molecule has 0 saturated heterocycles. The molecule has 3 aromatic rings. The molecule has 3 rings (SSSR count). The Morgan fingerprint density at radius 2 is 2.06 bits per heavy atom. The smallest absolute Gasteiger partial charge is 0.161 e. The molecule has 0 saturated carbocycles. The Kier molecular flexibility index (Phi) is 2.83. The van der Waals surface area contributed by atoms with E-state index in [1.807, 2.05) is 9.95 Å². The van der Waals surface area contributed by atoms with Gasteiger partial charge in [0.05, 0.1) is 17.4 Å². The summed E-state index contributed by atoms with van der Waals surface area (Å²) in [6.45, 7) is 0.707. The Morgan fingerprint density at radius 1 is 1.22 bits per heavy atom. The zero-order valence-corrected chi connectivity index (χ0v) is 10.3. The topological polar surface area (TPSA) is 17.8 Å². The van der Waals surface area contributed by atoms with E-state index in [2.05, 4.69) is 16.4 Å². The SMILES string of the molecule is Fc1cc2ncn(CCc3ccsc3)c2cc1F. The van der Waals surface area contributed by atoms with Gasteiger partial charge in [0.15, 0.2) is 11.6 Å². The van der Waals surface area contributed by atoms with E-state index in [0.29, 0.717) is 17.6 Å². The Labute approximate surface area is 107 Å². The van der Waals surface area contributed by atoms with Crippen molar-refractivity contribution in [3.8, 4) is 0 Å². The highest BCUT2D eigenvalue weighted by Gasteiger charge is 2.08. The number of imidazole rings is 1. The third-order valence-corrected chi connectivity index (χ3v) is 3.62. The number of halogens is 2. The van der Waals surface area contributed by atoms with Crippen LogP contribution in [0, 0.1) is 11.6 Å². The molecule has 18 heavy (non-hydrogen) atoms. The third kappa shape index (κ3) is 2.01. The Morgan fingerprint density at radius 3 is 2.83 bits per heavy atom. The minimum absolute atomic E-state index is 0.485. The molecule has 0 aliphatic carbocycles. The molecule has 0 unspecified atom stereocenters. The molecule has 92 valence electrons. The second-order valence-electron chi connectivity index (χ2n) is 4.07. The monoisotopic (exact) mass is 264 g/mol. The maximum absolute atomic E-state index is 13.2. The molecule has 0 spiro atoms. The number of fused-ring (bicyclic) bond motifs is 1. The van der Waals surface area contributed by atoms with Crippen LogP contribution in [0.5, 0.6) is 0 Å². The van der Waals surface area contributed by atoms with Gasteiger partial charge in [0.2, 0.25) is 0 Å². The highest BCUT2D eigenvalue weighted by molar-refractivity contribution is 7.07. The Hall–Kier alpha value is -1.75. The van der Waals surface area contributed by atoms with Crippen LogP contribution in [0.4, 0.5) is 8.78 Å². The molecule has 0 atom stereocenters. The van der Waals surface area contributed by atoms with Crippen LogP contribution in [-0.2, 0) is 13.0 Å². The van der Waals surface area contributed by atoms with Crippen molar-refractivity contribution in [3.63, 3.8) is 0 Å². The zero-order chi connectivity index (χ0) is 12.5. The molecule has 0 N–H and O–H groups in total. The largest absolute Gasteiger partial charge is 0.330 e. The predicted octanol–water partition coefficient (Wildman–Crippen LogP) is 3.62. The first-order valence-electron chi connectivity index (χ1n) is 5.55. The van der Waals surface area contributed by atoms with Gasteiger partial charge >= 0.3 is 0 Å². The van der Waals surface area contributed by atoms with E-state index in [1.54, 1.807) is 17.7 Å². The molecule has 0 aliphatic heterocycles. The van der Waals surface area contributed by atoms with E-state index in [1.165, 1.54) is 11.6 Å². The van der Waals surface area contributed by atoms with E-state index in [4.69, 9.17) is 0 Å². The first kappa shape index (κ1) is 11.3. The molecule has 0 amide bonds. The molecule has 0 radical (unpaired) electrons. The van der Waals surface area contributed by atoms with E-state index in [-0.39, 0.29) is 0 Å². The van der Waals surface area contributed by atoms with Crippen LogP contribution in [0.2, 0.25) is 0 Å². The molecular weight excluding hydrogens is 254 g/mol. The van der Waals surface area contributed by atoms with Gasteiger partial charge in [-0.1, -0.05) is 0 Å². The summed E-state index contributed by atoms with van der Waals surface area (Å²) in [5.74, 6) is -1.69. The Balaban J connectivity index is 1.90. The van der Waals surface area contributed by atoms with Crippen molar-refractivity contribution in [3.05, 3.63) is 52.5 Å². The van der Waals surface area contributed by atoms with Crippen LogP contribution < -0.4 is 0 Å². The standard InChI is InChI=1S/C13H10F2N2S/c14-10-5-12-13(6-11(10)15)17(8-16-12)3-1-9-2-4-18-7-9/h2,4-8H,1,3H2. The van der Waals surface area contributed by atoms with Gasteiger partial charge in [-0.05, 0) is 28.8 Å². The summed E-state index contributed by atoms with van der Waals surface area (Å²) in [7, 11) is 0. The van der Waals surface area contributed by atoms with Crippen LogP contribution in [0.25, 0.3) is 11.0 Å². The normalized spacial score (nSPS) is 11.2. The highest BCUT2D eigenvalue weighted by atomic mass is 32.1. The number of hydrogen-bond donors (Lipinski definition) is 0. The summed E-state index contributed by atoms with van der Waals surface area (Å²) in [6, 6.07) is 4.39. The molecule has 1 aromatic carbocycles. The second-order valence-corrected chi connectivity index (χ2v) is 4.85. The first-order chi connectivity index (χ1) is 8.74. The fourth-order valence-corrected chi connectivity index (χ4v) is 2.62. The predicted molar refractivity (Wildman–Crippen MR) is 67.7 cm³/mol. The molecule has 2 aromatic heterocycles. The van der Waals surface area contributed by atoms with Crippen LogP contribution in [0.15, 0.2) is 35.3 Å². The fraction of sp³-hybridized carbons (Fsp3) is 0.154. The number of rotatable bonds is 3. The number of aromatic nitrogens is 2. The molecular formula is C13H10F2N2S.